The average molecular weight is 340 g/mol. The molecule has 1 fully saturated rings. The third kappa shape index (κ3) is 2.94. The Balaban J connectivity index is 2.32. The van der Waals surface area contributed by atoms with Crippen molar-refractivity contribution in [3.63, 3.8) is 0 Å². The standard InChI is InChI=1S/C12H15F3N2O2S2/c1-3-19-10(18)8-6(16)7(20-2)9(21-8)17-11(4-5-11)12(13,14)15/h17H,3-5,16H2,1-2H3. The van der Waals surface area contributed by atoms with Crippen LogP contribution < -0.4 is 11.1 Å². The SMILES string of the molecule is CCOC(=O)c1sc(NC2(C(F)(F)F)CC2)c(SC)c1N. The number of nitrogens with one attached hydrogen (secondary N) is 1. The Labute approximate surface area is 128 Å². The monoisotopic (exact) mass is 340 g/mol. The largest absolute Gasteiger partial charge is 0.462 e. The van der Waals surface area contributed by atoms with Crippen molar-refractivity contribution in [2.75, 3.05) is 23.9 Å². The molecule has 0 atom stereocenters. The van der Waals surface area contributed by atoms with Crippen LogP contribution in [0.2, 0.25) is 0 Å². The number of hydrogen-bond donors (Lipinski definition) is 2. The summed E-state index contributed by atoms with van der Waals surface area (Å²) in [6, 6.07) is 0. The van der Waals surface area contributed by atoms with Gasteiger partial charge in [0.15, 0.2) is 0 Å². The molecule has 0 bridgehead atoms. The van der Waals surface area contributed by atoms with E-state index in [1.54, 1.807) is 13.2 Å². The number of hydrogen-bond acceptors (Lipinski definition) is 6. The molecular weight excluding hydrogens is 325 g/mol. The lowest BCUT2D eigenvalue weighted by molar-refractivity contribution is -0.151. The first-order chi connectivity index (χ1) is 9.75. The first-order valence-electron chi connectivity index (χ1n) is 6.24. The fraction of sp³-hybridized carbons (Fsp3) is 0.583. The number of carbonyl (C=O) groups excluding carboxylic acids is 1. The Morgan fingerprint density at radius 2 is 2.14 bits per heavy atom. The van der Waals surface area contributed by atoms with Crippen LogP contribution in [-0.4, -0.2) is 30.5 Å². The number of anilines is 2. The zero-order valence-electron chi connectivity index (χ0n) is 11.5. The molecule has 0 unspecified atom stereocenters. The Kier molecular flexibility index (Phi) is 4.34. The molecule has 21 heavy (non-hydrogen) atoms. The number of ether oxygens (including phenoxy) is 1. The molecule has 1 aromatic rings. The van der Waals surface area contributed by atoms with Gasteiger partial charge >= 0.3 is 12.1 Å². The van der Waals surface area contributed by atoms with Gasteiger partial charge in [0.1, 0.15) is 15.4 Å². The van der Waals surface area contributed by atoms with Crippen LogP contribution in [-0.2, 0) is 4.74 Å². The van der Waals surface area contributed by atoms with E-state index >= 15 is 0 Å². The highest BCUT2D eigenvalue weighted by molar-refractivity contribution is 7.99. The predicted molar refractivity (Wildman–Crippen MR) is 78.1 cm³/mol. The highest BCUT2D eigenvalue weighted by Gasteiger charge is 2.64. The smallest absolute Gasteiger partial charge is 0.411 e. The molecule has 2 rings (SSSR count). The lowest BCUT2D eigenvalue weighted by Crippen LogP contribution is -2.38. The summed E-state index contributed by atoms with van der Waals surface area (Å²) in [6.45, 7) is 1.83. The zero-order chi connectivity index (χ0) is 15.8. The van der Waals surface area contributed by atoms with Crippen molar-refractivity contribution < 1.29 is 22.7 Å². The number of halogens is 3. The van der Waals surface area contributed by atoms with Crippen molar-refractivity contribution >= 4 is 39.8 Å². The molecule has 1 aliphatic rings. The highest BCUT2D eigenvalue weighted by atomic mass is 32.2. The maximum atomic E-state index is 13.0. The maximum Gasteiger partial charge on any atom is 0.411 e. The molecule has 1 aromatic heterocycles. The molecule has 0 spiro atoms. The Bertz CT molecular complexity index is 553. The summed E-state index contributed by atoms with van der Waals surface area (Å²) in [4.78, 5) is 12.4. The molecule has 0 amide bonds. The molecule has 9 heteroatoms. The molecule has 1 saturated carbocycles. The predicted octanol–water partition coefficient (Wildman–Crippen LogP) is 3.74. The molecule has 0 radical (unpaired) electrons. The van der Waals surface area contributed by atoms with Gasteiger partial charge in [0.2, 0.25) is 0 Å². The van der Waals surface area contributed by atoms with E-state index in [1.165, 1.54) is 11.8 Å². The summed E-state index contributed by atoms with van der Waals surface area (Å²) < 4.78 is 43.9. The molecule has 0 aromatic carbocycles. The van der Waals surface area contributed by atoms with E-state index in [-0.39, 0.29) is 35.0 Å². The van der Waals surface area contributed by atoms with Crippen LogP contribution in [0.4, 0.5) is 23.9 Å². The molecule has 1 heterocycles. The molecule has 118 valence electrons. The van der Waals surface area contributed by atoms with Crippen molar-refractivity contribution in [1.82, 2.24) is 0 Å². The second-order valence-corrected chi connectivity index (χ2v) is 6.47. The first-order valence-corrected chi connectivity index (χ1v) is 8.28. The molecule has 1 aliphatic carbocycles. The van der Waals surface area contributed by atoms with Crippen LogP contribution in [0.25, 0.3) is 0 Å². The van der Waals surface area contributed by atoms with Crippen LogP contribution in [0.1, 0.15) is 29.4 Å². The minimum atomic E-state index is -4.33. The number of alkyl halides is 3. The average Bonchev–Trinajstić information content (AvgIpc) is 3.10. The van der Waals surface area contributed by atoms with Crippen LogP contribution >= 0.6 is 23.1 Å². The van der Waals surface area contributed by atoms with Gasteiger partial charge in [-0.15, -0.1) is 23.1 Å². The highest BCUT2D eigenvalue weighted by Crippen LogP contribution is 2.54. The van der Waals surface area contributed by atoms with Crippen LogP contribution in [0.5, 0.6) is 0 Å². The fourth-order valence-electron chi connectivity index (χ4n) is 1.88. The minimum absolute atomic E-state index is 0.0247. The van der Waals surface area contributed by atoms with Crippen LogP contribution in [0.15, 0.2) is 4.90 Å². The van der Waals surface area contributed by atoms with E-state index in [0.29, 0.717) is 4.90 Å². The number of thioether (sulfide) groups is 1. The van der Waals surface area contributed by atoms with Gasteiger partial charge in [0.25, 0.3) is 0 Å². The normalized spacial score (nSPS) is 16.6. The Morgan fingerprint density at radius 3 is 2.57 bits per heavy atom. The number of rotatable bonds is 5. The Hall–Kier alpha value is -1.09. The van der Waals surface area contributed by atoms with Gasteiger partial charge in [-0.2, -0.15) is 13.2 Å². The summed E-state index contributed by atoms with van der Waals surface area (Å²) in [5.41, 5.74) is 4.15. The summed E-state index contributed by atoms with van der Waals surface area (Å²) >= 11 is 2.12. The van der Waals surface area contributed by atoms with Crippen molar-refractivity contribution in [1.29, 1.82) is 0 Å². The van der Waals surface area contributed by atoms with Gasteiger partial charge in [-0.3, -0.25) is 0 Å². The zero-order valence-corrected chi connectivity index (χ0v) is 13.1. The van der Waals surface area contributed by atoms with Crippen molar-refractivity contribution in [2.45, 2.75) is 36.4 Å². The third-order valence-corrected chi connectivity index (χ3v) is 5.27. The Morgan fingerprint density at radius 1 is 1.52 bits per heavy atom. The second kappa shape index (κ2) is 5.60. The van der Waals surface area contributed by atoms with Gasteiger partial charge < -0.3 is 15.8 Å². The van der Waals surface area contributed by atoms with Crippen LogP contribution in [0, 0.1) is 0 Å². The molecule has 3 N–H and O–H groups in total. The van der Waals surface area contributed by atoms with Gasteiger partial charge in [-0.05, 0) is 26.0 Å². The van der Waals surface area contributed by atoms with Gasteiger partial charge in [0.05, 0.1) is 17.2 Å². The van der Waals surface area contributed by atoms with E-state index < -0.39 is 17.7 Å². The lowest BCUT2D eigenvalue weighted by Gasteiger charge is -2.21. The van der Waals surface area contributed by atoms with Gasteiger partial charge in [0, 0.05) is 0 Å². The summed E-state index contributed by atoms with van der Waals surface area (Å²) in [6.07, 6.45) is -2.58. The fourth-order valence-corrected chi connectivity index (χ4v) is 3.89. The van der Waals surface area contributed by atoms with E-state index in [9.17, 15) is 18.0 Å². The van der Waals surface area contributed by atoms with E-state index in [2.05, 4.69) is 5.32 Å². The van der Waals surface area contributed by atoms with E-state index in [1.807, 2.05) is 0 Å². The maximum absolute atomic E-state index is 13.0. The van der Waals surface area contributed by atoms with Gasteiger partial charge in [-0.1, -0.05) is 0 Å². The number of nitrogen functional groups attached to an aromatic ring is 1. The number of nitrogens with two attached hydrogens (primary N) is 1. The topological polar surface area (TPSA) is 64.3 Å². The van der Waals surface area contributed by atoms with Crippen LogP contribution in [0.3, 0.4) is 0 Å². The summed E-state index contributed by atoms with van der Waals surface area (Å²) in [7, 11) is 0. The van der Waals surface area contributed by atoms with Gasteiger partial charge in [-0.25, -0.2) is 4.79 Å². The van der Waals surface area contributed by atoms with Crippen molar-refractivity contribution in [3.8, 4) is 0 Å². The summed E-state index contributed by atoms with van der Waals surface area (Å²) in [5, 5.41) is 2.81. The minimum Gasteiger partial charge on any atom is -0.462 e. The molecular formula is C12H15F3N2O2S2. The second-order valence-electron chi connectivity index (χ2n) is 4.63. The summed E-state index contributed by atoms with van der Waals surface area (Å²) in [5.74, 6) is -0.611. The third-order valence-electron chi connectivity index (χ3n) is 3.21. The number of carbonyl (C=O) groups is 1. The quantitative estimate of drug-likeness (QED) is 0.631. The molecule has 4 nitrogen and oxygen atoms in total. The van der Waals surface area contributed by atoms with Crippen molar-refractivity contribution in [2.24, 2.45) is 0 Å². The molecule has 0 saturated heterocycles. The number of thiophene rings is 1. The van der Waals surface area contributed by atoms with E-state index in [4.69, 9.17) is 10.5 Å². The lowest BCUT2D eigenvalue weighted by atomic mass is 10.2. The van der Waals surface area contributed by atoms with Crippen molar-refractivity contribution in [3.05, 3.63) is 4.88 Å². The number of esters is 1. The first kappa shape index (κ1) is 16.3. The molecule has 0 aliphatic heterocycles. The van der Waals surface area contributed by atoms with E-state index in [0.717, 1.165) is 11.3 Å².